The summed E-state index contributed by atoms with van der Waals surface area (Å²) in [7, 11) is 0. The largest absolute Gasteiger partial charge is 0.459 e. The molecule has 4 heteroatoms. The Balaban J connectivity index is 2.11. The summed E-state index contributed by atoms with van der Waals surface area (Å²) in [6, 6.07) is 13.1. The van der Waals surface area contributed by atoms with Gasteiger partial charge in [0.15, 0.2) is 5.76 Å². The minimum atomic E-state index is -0.338. The van der Waals surface area contributed by atoms with Gasteiger partial charge < -0.3 is 4.42 Å². The van der Waals surface area contributed by atoms with Crippen LogP contribution < -0.4 is 5.43 Å². The molecule has 0 saturated heterocycles. The summed E-state index contributed by atoms with van der Waals surface area (Å²) in [5.74, 6) is -0.0813. The van der Waals surface area contributed by atoms with Gasteiger partial charge in [0.1, 0.15) is 0 Å². The number of carbonyl (C=O) groups is 1. The molecular weight excluding hydrogens is 240 g/mol. The van der Waals surface area contributed by atoms with Gasteiger partial charge in [-0.15, -0.1) is 0 Å². The first kappa shape index (κ1) is 13.1. The molecule has 19 heavy (non-hydrogen) atoms. The third-order valence-electron chi connectivity index (χ3n) is 2.63. The minimum Gasteiger partial charge on any atom is -0.459 e. The van der Waals surface area contributed by atoms with Crippen molar-refractivity contribution < 1.29 is 9.21 Å². The topological polar surface area (TPSA) is 54.6 Å². The van der Waals surface area contributed by atoms with Crippen LogP contribution in [0.1, 0.15) is 35.9 Å². The van der Waals surface area contributed by atoms with Gasteiger partial charge in [-0.3, -0.25) is 4.79 Å². The molecule has 0 aliphatic carbocycles. The molecule has 98 valence electrons. The third-order valence-corrected chi connectivity index (χ3v) is 2.63. The van der Waals surface area contributed by atoms with Gasteiger partial charge >= 0.3 is 5.91 Å². The lowest BCUT2D eigenvalue weighted by Crippen LogP contribution is -2.19. The number of nitrogens with zero attached hydrogens (tertiary/aromatic N) is 1. The van der Waals surface area contributed by atoms with Gasteiger partial charge in [0, 0.05) is 0 Å². The van der Waals surface area contributed by atoms with Crippen molar-refractivity contribution in [3.63, 3.8) is 0 Å². The molecule has 2 aromatic rings. The van der Waals surface area contributed by atoms with E-state index in [0.717, 1.165) is 24.1 Å². The first-order valence-corrected chi connectivity index (χ1v) is 6.27. The average molecular weight is 256 g/mol. The molecule has 0 fully saturated rings. The summed E-state index contributed by atoms with van der Waals surface area (Å²) in [4.78, 5) is 11.7. The van der Waals surface area contributed by atoms with Gasteiger partial charge in [0.25, 0.3) is 0 Å². The zero-order chi connectivity index (χ0) is 13.5. The Bertz CT molecular complexity index is 545. The van der Waals surface area contributed by atoms with E-state index < -0.39 is 0 Å². The number of carbonyl (C=O) groups excluding carboxylic acids is 1. The second-order valence-corrected chi connectivity index (χ2v) is 4.09. The van der Waals surface area contributed by atoms with Crippen molar-refractivity contribution in [1.82, 2.24) is 5.43 Å². The van der Waals surface area contributed by atoms with E-state index in [0.29, 0.717) is 0 Å². The van der Waals surface area contributed by atoms with Crippen LogP contribution >= 0.6 is 0 Å². The maximum Gasteiger partial charge on any atom is 0.307 e. The number of hydrogen-bond donors (Lipinski definition) is 1. The molecule has 0 radical (unpaired) electrons. The molecule has 2 rings (SSSR count). The molecule has 0 spiro atoms. The molecule has 0 unspecified atom stereocenters. The lowest BCUT2D eigenvalue weighted by molar-refractivity contribution is 0.0927. The molecule has 1 N–H and O–H groups in total. The van der Waals surface area contributed by atoms with Crippen LogP contribution in [0, 0.1) is 0 Å². The molecule has 1 aromatic heterocycles. The second kappa shape index (κ2) is 6.54. The molecule has 0 saturated carbocycles. The van der Waals surface area contributed by atoms with Gasteiger partial charge in [-0.1, -0.05) is 43.7 Å². The quantitative estimate of drug-likeness (QED) is 0.659. The van der Waals surface area contributed by atoms with Crippen LogP contribution in [-0.4, -0.2) is 11.6 Å². The van der Waals surface area contributed by atoms with Crippen LogP contribution in [0.15, 0.2) is 58.2 Å². The highest BCUT2D eigenvalue weighted by Crippen LogP contribution is 2.06. The normalized spacial score (nSPS) is 11.3. The molecule has 1 heterocycles. The highest BCUT2D eigenvalue weighted by molar-refractivity contribution is 6.01. The van der Waals surface area contributed by atoms with Crippen molar-refractivity contribution in [2.24, 2.45) is 5.10 Å². The van der Waals surface area contributed by atoms with Gasteiger partial charge in [-0.05, 0) is 24.1 Å². The second-order valence-electron chi connectivity index (χ2n) is 4.09. The van der Waals surface area contributed by atoms with E-state index in [9.17, 15) is 4.79 Å². The third kappa shape index (κ3) is 3.55. The van der Waals surface area contributed by atoms with Crippen molar-refractivity contribution in [3.8, 4) is 0 Å². The summed E-state index contributed by atoms with van der Waals surface area (Å²) < 4.78 is 5.01. The molecule has 0 bridgehead atoms. The van der Waals surface area contributed by atoms with E-state index in [1.165, 1.54) is 6.26 Å². The lowest BCUT2D eigenvalue weighted by atomic mass is 10.1. The number of benzene rings is 1. The molecule has 1 aromatic carbocycles. The highest BCUT2D eigenvalue weighted by Gasteiger charge is 2.08. The summed E-state index contributed by atoms with van der Waals surface area (Å²) in [5.41, 5.74) is 4.41. The Morgan fingerprint density at radius 3 is 2.63 bits per heavy atom. The molecule has 0 atom stereocenters. The maximum atomic E-state index is 11.7. The molecule has 1 amide bonds. The summed E-state index contributed by atoms with van der Waals surface area (Å²) in [5, 5.41) is 4.20. The van der Waals surface area contributed by atoms with Crippen LogP contribution in [0.2, 0.25) is 0 Å². The Labute approximate surface area is 112 Å². The van der Waals surface area contributed by atoms with E-state index in [1.807, 2.05) is 30.3 Å². The van der Waals surface area contributed by atoms with Crippen molar-refractivity contribution in [1.29, 1.82) is 0 Å². The fraction of sp³-hybridized carbons (Fsp3) is 0.200. The standard InChI is InChI=1S/C15H16N2O2/c1-2-7-13(12-8-4-3-5-9-12)16-17-15(18)14-10-6-11-19-14/h3-6,8-11H,2,7H2,1H3,(H,17,18). The Morgan fingerprint density at radius 1 is 1.21 bits per heavy atom. The van der Waals surface area contributed by atoms with E-state index >= 15 is 0 Å². The lowest BCUT2D eigenvalue weighted by Gasteiger charge is -2.05. The summed E-state index contributed by atoms with van der Waals surface area (Å²) in [6.45, 7) is 2.08. The van der Waals surface area contributed by atoms with Crippen LogP contribution in [-0.2, 0) is 0 Å². The van der Waals surface area contributed by atoms with Crippen molar-refractivity contribution in [3.05, 3.63) is 60.1 Å². The van der Waals surface area contributed by atoms with Crippen LogP contribution in [0.25, 0.3) is 0 Å². The Morgan fingerprint density at radius 2 is 2.00 bits per heavy atom. The van der Waals surface area contributed by atoms with Gasteiger partial charge in [0.05, 0.1) is 12.0 Å². The SMILES string of the molecule is CCCC(=NNC(=O)c1ccco1)c1ccccc1. The average Bonchev–Trinajstić information content (AvgIpc) is 2.98. The number of hydrazone groups is 1. The number of hydrogen-bond acceptors (Lipinski definition) is 3. The van der Waals surface area contributed by atoms with E-state index in [1.54, 1.807) is 12.1 Å². The van der Waals surface area contributed by atoms with E-state index in [-0.39, 0.29) is 11.7 Å². The maximum absolute atomic E-state index is 11.7. The monoisotopic (exact) mass is 256 g/mol. The number of furan rings is 1. The Hall–Kier alpha value is -2.36. The van der Waals surface area contributed by atoms with Crippen molar-refractivity contribution in [2.45, 2.75) is 19.8 Å². The molecule has 4 nitrogen and oxygen atoms in total. The molecule has 0 aliphatic heterocycles. The fourth-order valence-corrected chi connectivity index (χ4v) is 1.71. The first-order valence-electron chi connectivity index (χ1n) is 6.27. The zero-order valence-corrected chi connectivity index (χ0v) is 10.8. The predicted molar refractivity (Wildman–Crippen MR) is 74.1 cm³/mol. The zero-order valence-electron chi connectivity index (χ0n) is 10.8. The molecular formula is C15H16N2O2. The summed E-state index contributed by atoms with van der Waals surface area (Å²) >= 11 is 0. The number of nitrogens with one attached hydrogen (secondary N) is 1. The van der Waals surface area contributed by atoms with Crippen LogP contribution in [0.4, 0.5) is 0 Å². The first-order chi connectivity index (χ1) is 9.31. The predicted octanol–water partition coefficient (Wildman–Crippen LogP) is 3.21. The van der Waals surface area contributed by atoms with Crippen molar-refractivity contribution in [2.75, 3.05) is 0 Å². The van der Waals surface area contributed by atoms with Gasteiger partial charge in [-0.25, -0.2) is 5.43 Å². The number of amides is 1. The molecule has 0 aliphatic rings. The highest BCUT2D eigenvalue weighted by atomic mass is 16.3. The number of rotatable bonds is 5. The summed E-state index contributed by atoms with van der Waals surface area (Å²) in [6.07, 6.45) is 3.23. The fourth-order valence-electron chi connectivity index (χ4n) is 1.71. The van der Waals surface area contributed by atoms with E-state index in [2.05, 4.69) is 17.5 Å². The van der Waals surface area contributed by atoms with E-state index in [4.69, 9.17) is 4.42 Å². The minimum absolute atomic E-state index is 0.257. The van der Waals surface area contributed by atoms with Crippen LogP contribution in [0.3, 0.4) is 0 Å². The van der Waals surface area contributed by atoms with Gasteiger partial charge in [0.2, 0.25) is 0 Å². The van der Waals surface area contributed by atoms with Crippen LogP contribution in [0.5, 0.6) is 0 Å². The Kier molecular flexibility index (Phi) is 4.50. The van der Waals surface area contributed by atoms with Crippen molar-refractivity contribution >= 4 is 11.6 Å². The smallest absolute Gasteiger partial charge is 0.307 e. The van der Waals surface area contributed by atoms with Gasteiger partial charge in [-0.2, -0.15) is 5.10 Å².